The highest BCUT2D eigenvalue weighted by Crippen LogP contribution is 2.30. The van der Waals surface area contributed by atoms with Crippen molar-refractivity contribution in [1.82, 2.24) is 0 Å². The molecule has 2 unspecified atom stereocenters. The van der Waals surface area contributed by atoms with Gasteiger partial charge in [-0.15, -0.1) is 0 Å². The molecule has 0 aromatic heterocycles. The van der Waals surface area contributed by atoms with Crippen LogP contribution < -0.4 is 4.90 Å². The van der Waals surface area contributed by atoms with Crippen LogP contribution in [-0.2, 0) is 4.79 Å². The molecule has 1 saturated heterocycles. The van der Waals surface area contributed by atoms with Gasteiger partial charge in [-0.3, -0.25) is 4.79 Å². The number of anilines is 1. The van der Waals surface area contributed by atoms with Gasteiger partial charge in [-0.1, -0.05) is 17.7 Å². The Labute approximate surface area is 95.7 Å². The zero-order valence-electron chi connectivity index (χ0n) is 9.68. The van der Waals surface area contributed by atoms with Crippen LogP contribution in [0, 0.1) is 12.8 Å². The summed E-state index contributed by atoms with van der Waals surface area (Å²) in [4.78, 5) is 13.6. The lowest BCUT2D eigenvalue weighted by Gasteiger charge is -2.24. The van der Waals surface area contributed by atoms with Crippen LogP contribution in [0.15, 0.2) is 24.3 Å². The number of aryl methyl sites for hydroxylation is 1. The molecular formula is C13H17NO2. The second-order valence-electron chi connectivity index (χ2n) is 4.49. The van der Waals surface area contributed by atoms with E-state index in [0.717, 1.165) is 5.69 Å². The summed E-state index contributed by atoms with van der Waals surface area (Å²) in [5.41, 5.74) is 2.11. The molecule has 3 heteroatoms. The second-order valence-corrected chi connectivity index (χ2v) is 4.49. The van der Waals surface area contributed by atoms with Crippen LogP contribution in [0.2, 0.25) is 0 Å². The summed E-state index contributed by atoms with van der Waals surface area (Å²) in [6.07, 6.45) is 0.450. The van der Waals surface area contributed by atoms with Crippen LogP contribution in [0.3, 0.4) is 0 Å². The van der Waals surface area contributed by atoms with Crippen LogP contribution in [0.4, 0.5) is 5.69 Å². The molecule has 0 radical (unpaired) electrons. The van der Waals surface area contributed by atoms with Crippen molar-refractivity contribution in [2.75, 3.05) is 11.5 Å². The normalized spacial score (nSPS) is 25.2. The number of rotatable bonds is 2. The smallest absolute Gasteiger partial charge is 0.227 e. The third kappa shape index (κ3) is 1.83. The lowest BCUT2D eigenvalue weighted by atomic mass is 10.0. The van der Waals surface area contributed by atoms with Gasteiger partial charge in [0.1, 0.15) is 0 Å². The SMILES string of the molecule is Cc1ccc(N2C(=O)CC(CO)C2C)cc1. The van der Waals surface area contributed by atoms with Gasteiger partial charge < -0.3 is 10.0 Å². The van der Waals surface area contributed by atoms with Crippen LogP contribution >= 0.6 is 0 Å². The Morgan fingerprint density at radius 1 is 1.38 bits per heavy atom. The summed E-state index contributed by atoms with van der Waals surface area (Å²) >= 11 is 0. The van der Waals surface area contributed by atoms with Gasteiger partial charge in [0.25, 0.3) is 0 Å². The quantitative estimate of drug-likeness (QED) is 0.823. The first-order chi connectivity index (χ1) is 7.63. The Morgan fingerprint density at radius 2 is 2.00 bits per heavy atom. The van der Waals surface area contributed by atoms with Gasteiger partial charge in [-0.05, 0) is 26.0 Å². The molecular weight excluding hydrogens is 202 g/mol. The minimum absolute atomic E-state index is 0.0637. The van der Waals surface area contributed by atoms with Crippen molar-refractivity contribution >= 4 is 11.6 Å². The Balaban J connectivity index is 2.27. The van der Waals surface area contributed by atoms with E-state index in [1.54, 1.807) is 4.90 Å². The zero-order valence-corrected chi connectivity index (χ0v) is 9.68. The summed E-state index contributed by atoms with van der Waals surface area (Å²) in [5.74, 6) is 0.171. The van der Waals surface area contributed by atoms with Gasteiger partial charge in [0, 0.05) is 30.7 Å². The van der Waals surface area contributed by atoms with Crippen LogP contribution in [0.25, 0.3) is 0 Å². The van der Waals surface area contributed by atoms with Gasteiger partial charge >= 0.3 is 0 Å². The maximum Gasteiger partial charge on any atom is 0.227 e. The van der Waals surface area contributed by atoms with Crippen molar-refractivity contribution in [3.05, 3.63) is 29.8 Å². The fourth-order valence-corrected chi connectivity index (χ4v) is 2.23. The van der Waals surface area contributed by atoms with Gasteiger partial charge in [0.05, 0.1) is 0 Å². The van der Waals surface area contributed by atoms with E-state index in [4.69, 9.17) is 0 Å². The molecule has 2 atom stereocenters. The molecule has 1 amide bonds. The van der Waals surface area contributed by atoms with E-state index in [0.29, 0.717) is 6.42 Å². The Kier molecular flexibility index (Phi) is 2.97. The molecule has 2 rings (SSSR count). The monoisotopic (exact) mass is 219 g/mol. The van der Waals surface area contributed by atoms with E-state index in [1.807, 2.05) is 38.1 Å². The first kappa shape index (κ1) is 11.1. The van der Waals surface area contributed by atoms with Crippen molar-refractivity contribution in [3.8, 4) is 0 Å². The Bertz CT molecular complexity index is 385. The molecule has 1 aromatic rings. The predicted octanol–water partition coefficient (Wildman–Crippen LogP) is 1.73. The molecule has 1 aromatic carbocycles. The molecule has 0 saturated carbocycles. The molecule has 1 heterocycles. The summed E-state index contributed by atoms with van der Waals surface area (Å²) in [7, 11) is 0. The molecule has 16 heavy (non-hydrogen) atoms. The van der Waals surface area contributed by atoms with Gasteiger partial charge in [0.15, 0.2) is 0 Å². The maximum atomic E-state index is 11.9. The molecule has 1 N–H and O–H groups in total. The third-order valence-corrected chi connectivity index (χ3v) is 3.34. The highest BCUT2D eigenvalue weighted by Gasteiger charge is 2.36. The second kappa shape index (κ2) is 4.26. The fourth-order valence-electron chi connectivity index (χ4n) is 2.23. The predicted molar refractivity (Wildman–Crippen MR) is 63.3 cm³/mol. The Hall–Kier alpha value is -1.35. The summed E-state index contributed by atoms with van der Waals surface area (Å²) in [5, 5.41) is 9.18. The van der Waals surface area contributed by atoms with Crippen molar-refractivity contribution in [3.63, 3.8) is 0 Å². The van der Waals surface area contributed by atoms with Gasteiger partial charge in [-0.2, -0.15) is 0 Å². The molecule has 0 bridgehead atoms. The number of benzene rings is 1. The van der Waals surface area contributed by atoms with Crippen molar-refractivity contribution in [2.45, 2.75) is 26.3 Å². The molecule has 1 fully saturated rings. The number of hydrogen-bond donors (Lipinski definition) is 1. The molecule has 1 aliphatic heterocycles. The number of aliphatic hydroxyl groups is 1. The summed E-state index contributed by atoms with van der Waals surface area (Å²) < 4.78 is 0. The molecule has 1 aliphatic rings. The van der Waals surface area contributed by atoms with Crippen molar-refractivity contribution < 1.29 is 9.90 Å². The first-order valence-electron chi connectivity index (χ1n) is 5.63. The largest absolute Gasteiger partial charge is 0.396 e. The molecule has 0 spiro atoms. The third-order valence-electron chi connectivity index (χ3n) is 3.34. The Morgan fingerprint density at radius 3 is 2.50 bits per heavy atom. The van der Waals surface area contributed by atoms with Crippen molar-refractivity contribution in [2.24, 2.45) is 5.92 Å². The van der Waals surface area contributed by atoms with Crippen LogP contribution in [-0.4, -0.2) is 23.7 Å². The van der Waals surface area contributed by atoms with E-state index in [1.165, 1.54) is 5.56 Å². The van der Waals surface area contributed by atoms with Crippen LogP contribution in [0.1, 0.15) is 18.9 Å². The lowest BCUT2D eigenvalue weighted by Crippen LogP contribution is -2.33. The standard InChI is InChI=1S/C13H17NO2/c1-9-3-5-12(6-4-9)14-10(2)11(8-15)7-13(14)16/h3-6,10-11,15H,7-8H2,1-2H3. The van der Waals surface area contributed by atoms with Gasteiger partial charge in [0.2, 0.25) is 5.91 Å². The number of aliphatic hydroxyl groups excluding tert-OH is 1. The average molecular weight is 219 g/mol. The minimum Gasteiger partial charge on any atom is -0.396 e. The highest BCUT2D eigenvalue weighted by molar-refractivity contribution is 5.96. The lowest BCUT2D eigenvalue weighted by molar-refractivity contribution is -0.117. The minimum atomic E-state index is 0.0637. The van der Waals surface area contributed by atoms with E-state index >= 15 is 0 Å². The van der Waals surface area contributed by atoms with E-state index in [9.17, 15) is 9.90 Å². The summed E-state index contributed by atoms with van der Waals surface area (Å²) in [6.45, 7) is 4.09. The van der Waals surface area contributed by atoms with Crippen LogP contribution in [0.5, 0.6) is 0 Å². The topological polar surface area (TPSA) is 40.5 Å². The number of nitrogens with zero attached hydrogens (tertiary/aromatic N) is 1. The summed E-state index contributed by atoms with van der Waals surface area (Å²) in [6, 6.07) is 8.01. The molecule has 0 aliphatic carbocycles. The first-order valence-corrected chi connectivity index (χ1v) is 5.63. The zero-order chi connectivity index (χ0) is 11.7. The van der Waals surface area contributed by atoms with E-state index in [2.05, 4.69) is 0 Å². The highest BCUT2D eigenvalue weighted by atomic mass is 16.3. The maximum absolute atomic E-state index is 11.9. The van der Waals surface area contributed by atoms with Crippen molar-refractivity contribution in [1.29, 1.82) is 0 Å². The average Bonchev–Trinajstić information content (AvgIpc) is 2.56. The van der Waals surface area contributed by atoms with Gasteiger partial charge in [-0.25, -0.2) is 0 Å². The number of hydrogen-bond acceptors (Lipinski definition) is 2. The van der Waals surface area contributed by atoms with E-state index in [-0.39, 0.29) is 24.5 Å². The molecule has 3 nitrogen and oxygen atoms in total. The number of carbonyl (C=O) groups is 1. The number of amides is 1. The number of carbonyl (C=O) groups excluding carboxylic acids is 1. The fraction of sp³-hybridized carbons (Fsp3) is 0.462. The van der Waals surface area contributed by atoms with E-state index < -0.39 is 0 Å². The molecule has 86 valence electrons.